The summed E-state index contributed by atoms with van der Waals surface area (Å²) in [6.45, 7) is 5.56. The fourth-order valence-electron chi connectivity index (χ4n) is 3.58. The van der Waals surface area contributed by atoms with Crippen LogP contribution in [0.15, 0.2) is 51.8 Å². The van der Waals surface area contributed by atoms with Crippen LogP contribution in [0.1, 0.15) is 50.7 Å². The van der Waals surface area contributed by atoms with Gasteiger partial charge in [0, 0.05) is 17.4 Å². The summed E-state index contributed by atoms with van der Waals surface area (Å²) in [5.41, 5.74) is 1.88. The molecule has 3 rings (SSSR count). The number of unbranched alkanes of at least 4 members (excludes halogenated alkanes) is 2. The molecule has 6 nitrogen and oxygen atoms in total. The molecule has 0 aromatic heterocycles. The number of nitrogens with zero attached hydrogens (tertiary/aromatic N) is 1. The number of thiocarbonyl (C=S) groups is 1. The molecule has 0 atom stereocenters. The van der Waals surface area contributed by atoms with E-state index in [-0.39, 0.29) is 11.9 Å². The van der Waals surface area contributed by atoms with Crippen LogP contribution in [-0.2, 0) is 20.9 Å². The van der Waals surface area contributed by atoms with E-state index in [4.69, 9.17) is 26.4 Å². The number of carbonyl (C=O) groups excluding carboxylic acids is 2. The van der Waals surface area contributed by atoms with Crippen molar-refractivity contribution in [3.8, 4) is 11.5 Å². The Morgan fingerprint density at radius 3 is 2.64 bits per heavy atom. The molecule has 36 heavy (non-hydrogen) atoms. The largest absolute Gasteiger partial charge is 0.490 e. The highest BCUT2D eigenvalue weighted by Crippen LogP contribution is 2.35. The first-order valence-corrected chi connectivity index (χ1v) is 14.0. The maximum atomic E-state index is 13.0. The fourth-order valence-corrected chi connectivity index (χ4v) is 5.34. The van der Waals surface area contributed by atoms with Gasteiger partial charge in [0.05, 0.1) is 18.1 Å². The van der Waals surface area contributed by atoms with Crippen LogP contribution in [0.4, 0.5) is 0 Å². The number of hydrogen-bond acceptors (Lipinski definition) is 7. The van der Waals surface area contributed by atoms with Crippen molar-refractivity contribution in [1.29, 1.82) is 0 Å². The number of thioether (sulfide) groups is 1. The topological polar surface area (TPSA) is 65.1 Å². The van der Waals surface area contributed by atoms with Gasteiger partial charge in [-0.1, -0.05) is 64.5 Å². The van der Waals surface area contributed by atoms with Crippen molar-refractivity contribution in [3.05, 3.63) is 63.0 Å². The summed E-state index contributed by atoms with van der Waals surface area (Å²) in [7, 11) is 0. The number of hydrogen-bond donors (Lipinski definition) is 0. The summed E-state index contributed by atoms with van der Waals surface area (Å²) in [4.78, 5) is 26.6. The number of rotatable bonds is 13. The van der Waals surface area contributed by atoms with Gasteiger partial charge in [0.2, 0.25) is 0 Å². The molecule has 1 aliphatic rings. The van der Waals surface area contributed by atoms with Crippen LogP contribution >= 0.6 is 39.9 Å². The molecular formula is C27H30BrNO5S2. The Labute approximate surface area is 230 Å². The number of amides is 1. The number of ether oxygens (including phenoxy) is 3. The Kier molecular flexibility index (Phi) is 11.3. The Bertz CT molecular complexity index is 1120. The van der Waals surface area contributed by atoms with Gasteiger partial charge in [0.25, 0.3) is 5.91 Å². The van der Waals surface area contributed by atoms with Crippen molar-refractivity contribution in [2.75, 3.05) is 19.8 Å². The lowest BCUT2D eigenvalue weighted by Gasteiger charge is -2.14. The van der Waals surface area contributed by atoms with Crippen molar-refractivity contribution in [3.63, 3.8) is 0 Å². The maximum absolute atomic E-state index is 13.0. The van der Waals surface area contributed by atoms with Crippen molar-refractivity contribution < 1.29 is 23.8 Å². The molecule has 0 aliphatic carbocycles. The second-order valence-electron chi connectivity index (χ2n) is 8.01. The van der Waals surface area contributed by atoms with Crippen molar-refractivity contribution in [1.82, 2.24) is 4.90 Å². The van der Waals surface area contributed by atoms with Crippen LogP contribution in [0.25, 0.3) is 6.08 Å². The summed E-state index contributed by atoms with van der Waals surface area (Å²) >= 11 is 10.2. The molecule has 1 fully saturated rings. The second-order valence-corrected chi connectivity index (χ2v) is 10.6. The normalized spacial score (nSPS) is 14.4. The summed E-state index contributed by atoms with van der Waals surface area (Å²) in [6.07, 6.45) is 4.57. The van der Waals surface area contributed by atoms with E-state index in [2.05, 4.69) is 15.9 Å². The molecule has 0 radical (unpaired) electrons. The van der Waals surface area contributed by atoms with E-state index in [1.54, 1.807) is 11.8 Å². The molecule has 0 saturated carbocycles. The third-order valence-electron chi connectivity index (χ3n) is 5.29. The first-order valence-electron chi connectivity index (χ1n) is 12.0. The van der Waals surface area contributed by atoms with E-state index in [0.717, 1.165) is 34.9 Å². The Morgan fingerprint density at radius 1 is 1.06 bits per heavy atom. The lowest BCUT2D eigenvalue weighted by atomic mass is 10.1. The summed E-state index contributed by atoms with van der Waals surface area (Å²) in [6, 6.07) is 13.6. The zero-order valence-corrected chi connectivity index (χ0v) is 23.7. The average molecular weight is 593 g/mol. The molecule has 1 aliphatic heterocycles. The van der Waals surface area contributed by atoms with Gasteiger partial charge in [0.15, 0.2) is 11.5 Å². The molecule has 2 aromatic rings. The minimum Gasteiger partial charge on any atom is -0.490 e. The van der Waals surface area contributed by atoms with E-state index in [9.17, 15) is 9.59 Å². The number of benzene rings is 2. The second kappa shape index (κ2) is 14.4. The highest BCUT2D eigenvalue weighted by atomic mass is 79.9. The molecule has 1 heterocycles. The third kappa shape index (κ3) is 8.35. The maximum Gasteiger partial charge on any atom is 0.305 e. The molecule has 1 saturated heterocycles. The summed E-state index contributed by atoms with van der Waals surface area (Å²) in [5, 5.41) is 0. The minimum absolute atomic E-state index is 0.0941. The molecule has 0 N–H and O–H groups in total. The SMILES string of the molecule is CCOC(=O)CCCCCN1C(=O)/C(=C\c2ccc(OCc3cccc(Br)c3)c(OCC)c2)SC1=S. The van der Waals surface area contributed by atoms with E-state index < -0.39 is 0 Å². The van der Waals surface area contributed by atoms with Crippen LogP contribution in [0.5, 0.6) is 11.5 Å². The molecule has 192 valence electrons. The van der Waals surface area contributed by atoms with Crippen LogP contribution in [0.3, 0.4) is 0 Å². The standard InChI is InChI=1S/C27H30BrNO5S2/c1-3-32-23-16-19(12-13-22(23)34-18-20-9-8-10-21(28)15-20)17-24-26(31)29(27(35)36-24)14-7-5-6-11-25(30)33-4-2/h8-10,12-13,15-17H,3-7,11,14,18H2,1-2H3/b24-17+. The molecule has 2 aromatic carbocycles. The first-order chi connectivity index (χ1) is 17.4. The van der Waals surface area contributed by atoms with E-state index in [0.29, 0.717) is 53.5 Å². The lowest BCUT2D eigenvalue weighted by Crippen LogP contribution is -2.29. The monoisotopic (exact) mass is 591 g/mol. The van der Waals surface area contributed by atoms with Gasteiger partial charge in [-0.2, -0.15) is 0 Å². The average Bonchev–Trinajstić information content (AvgIpc) is 3.11. The Morgan fingerprint density at radius 2 is 1.89 bits per heavy atom. The quantitative estimate of drug-likeness (QED) is 0.110. The molecule has 0 unspecified atom stereocenters. The van der Waals surface area contributed by atoms with Crippen LogP contribution in [-0.4, -0.2) is 40.9 Å². The lowest BCUT2D eigenvalue weighted by molar-refractivity contribution is -0.143. The summed E-state index contributed by atoms with van der Waals surface area (Å²) in [5.74, 6) is 0.994. The van der Waals surface area contributed by atoms with Gasteiger partial charge in [-0.05, 0) is 68.2 Å². The molecule has 1 amide bonds. The van der Waals surface area contributed by atoms with Gasteiger partial charge in [0.1, 0.15) is 10.9 Å². The first kappa shape index (κ1) is 28.2. The summed E-state index contributed by atoms with van der Waals surface area (Å²) < 4.78 is 18.3. The number of halogens is 1. The predicted octanol–water partition coefficient (Wildman–Crippen LogP) is 6.75. The van der Waals surface area contributed by atoms with E-state index in [1.165, 1.54) is 11.8 Å². The minimum atomic E-state index is -0.179. The molecule has 9 heteroatoms. The molecule has 0 spiro atoms. The van der Waals surface area contributed by atoms with Crippen LogP contribution < -0.4 is 9.47 Å². The van der Waals surface area contributed by atoms with Crippen molar-refractivity contribution in [2.45, 2.75) is 46.1 Å². The Balaban J connectivity index is 1.60. The zero-order chi connectivity index (χ0) is 25.9. The van der Waals surface area contributed by atoms with Crippen molar-refractivity contribution >= 4 is 62.2 Å². The number of esters is 1. The van der Waals surface area contributed by atoms with Gasteiger partial charge >= 0.3 is 5.97 Å². The van der Waals surface area contributed by atoms with Gasteiger partial charge in [-0.3, -0.25) is 14.5 Å². The van der Waals surface area contributed by atoms with Gasteiger partial charge in [-0.25, -0.2) is 0 Å². The molecular weight excluding hydrogens is 562 g/mol. The highest BCUT2D eigenvalue weighted by Gasteiger charge is 2.31. The molecule has 0 bridgehead atoms. The van der Waals surface area contributed by atoms with E-state index >= 15 is 0 Å². The highest BCUT2D eigenvalue weighted by molar-refractivity contribution is 9.10. The Hall–Kier alpha value is -2.36. The van der Waals surface area contributed by atoms with Crippen LogP contribution in [0.2, 0.25) is 0 Å². The van der Waals surface area contributed by atoms with Gasteiger partial charge in [-0.15, -0.1) is 0 Å². The van der Waals surface area contributed by atoms with E-state index in [1.807, 2.05) is 55.5 Å². The fraction of sp³-hybridized carbons (Fsp3) is 0.370. The zero-order valence-electron chi connectivity index (χ0n) is 20.5. The van der Waals surface area contributed by atoms with Crippen LogP contribution in [0, 0.1) is 0 Å². The van der Waals surface area contributed by atoms with Crippen molar-refractivity contribution in [2.24, 2.45) is 0 Å². The third-order valence-corrected chi connectivity index (χ3v) is 7.16. The number of carbonyl (C=O) groups is 2. The predicted molar refractivity (Wildman–Crippen MR) is 151 cm³/mol. The van der Waals surface area contributed by atoms with Gasteiger partial charge < -0.3 is 14.2 Å². The smallest absolute Gasteiger partial charge is 0.305 e.